The lowest BCUT2D eigenvalue weighted by atomic mass is 10.1. The highest BCUT2D eigenvalue weighted by Crippen LogP contribution is 2.23. The van der Waals surface area contributed by atoms with Crippen molar-refractivity contribution >= 4 is 21.6 Å². The van der Waals surface area contributed by atoms with Crippen molar-refractivity contribution in [3.63, 3.8) is 0 Å². The molecule has 0 amide bonds. The van der Waals surface area contributed by atoms with E-state index in [1.54, 1.807) is 12.1 Å². The molecule has 5 heteroatoms. The number of nitrogens with one attached hydrogen (secondary N) is 1. The molecule has 0 saturated carbocycles. The number of hydrogen-bond acceptors (Lipinski definition) is 3. The maximum absolute atomic E-state index is 10.9. The van der Waals surface area contributed by atoms with Crippen LogP contribution < -0.4 is 5.32 Å². The molecular weight excluding hydrogens is 296 g/mol. The molecule has 1 aromatic rings. The minimum absolute atomic E-state index is 0.126. The van der Waals surface area contributed by atoms with Gasteiger partial charge in [0.15, 0.2) is 0 Å². The first-order chi connectivity index (χ1) is 8.58. The van der Waals surface area contributed by atoms with Crippen LogP contribution in [0.5, 0.6) is 0 Å². The van der Waals surface area contributed by atoms with Crippen LogP contribution in [0.25, 0.3) is 0 Å². The van der Waals surface area contributed by atoms with Crippen LogP contribution in [0, 0.1) is 22.5 Å². The maximum Gasteiger partial charge on any atom is 0.273 e. The molecule has 0 spiro atoms. The van der Waals surface area contributed by atoms with Gasteiger partial charge in [0.25, 0.3) is 5.69 Å². The topological polar surface area (TPSA) is 55.2 Å². The van der Waals surface area contributed by atoms with Crippen molar-refractivity contribution in [2.24, 2.45) is 0 Å². The minimum Gasteiger partial charge on any atom is -0.309 e. The Morgan fingerprint density at radius 2 is 2.33 bits per heavy atom. The first-order valence-corrected chi connectivity index (χ1v) is 6.47. The normalized spacial score (nSPS) is 11.8. The van der Waals surface area contributed by atoms with E-state index in [1.165, 1.54) is 6.07 Å². The predicted octanol–water partition coefficient (Wildman–Crippen LogP) is 3.25. The van der Waals surface area contributed by atoms with Gasteiger partial charge < -0.3 is 5.32 Å². The average molecular weight is 311 g/mol. The summed E-state index contributed by atoms with van der Waals surface area (Å²) in [5, 5.41) is 14.1. The highest BCUT2D eigenvalue weighted by molar-refractivity contribution is 9.10. The molecule has 4 nitrogen and oxygen atoms in total. The molecule has 1 rings (SSSR count). The Balaban J connectivity index is 2.80. The van der Waals surface area contributed by atoms with Crippen LogP contribution in [0.15, 0.2) is 22.7 Å². The molecule has 0 bridgehead atoms. The fraction of sp³-hybridized carbons (Fsp3) is 0.385. The summed E-state index contributed by atoms with van der Waals surface area (Å²) >= 11 is 3.32. The number of terminal acetylenes is 1. The molecule has 1 aromatic carbocycles. The standard InChI is InChI=1S/C13H15BrN2O2/c1-3-5-12(4-2)15-9-10-8-11(14)6-7-13(10)16(17)18/h1,6-8,12,15H,4-5,9H2,2H3. The van der Waals surface area contributed by atoms with Crippen LogP contribution in [0.4, 0.5) is 5.69 Å². The lowest BCUT2D eigenvalue weighted by Gasteiger charge is -2.14. The molecular formula is C13H15BrN2O2. The molecule has 0 radical (unpaired) electrons. The summed E-state index contributed by atoms with van der Waals surface area (Å²) in [5.41, 5.74) is 0.783. The molecule has 1 unspecified atom stereocenters. The second-order valence-electron chi connectivity index (χ2n) is 3.92. The van der Waals surface area contributed by atoms with Crippen LogP contribution >= 0.6 is 15.9 Å². The van der Waals surface area contributed by atoms with E-state index >= 15 is 0 Å². The van der Waals surface area contributed by atoms with Gasteiger partial charge in [0, 0.05) is 35.1 Å². The molecule has 1 atom stereocenters. The van der Waals surface area contributed by atoms with Gasteiger partial charge in [-0.25, -0.2) is 0 Å². The summed E-state index contributed by atoms with van der Waals surface area (Å²) in [4.78, 5) is 10.5. The second kappa shape index (κ2) is 7.14. The molecule has 0 aliphatic rings. The molecule has 0 aliphatic heterocycles. The first kappa shape index (κ1) is 14.7. The Hall–Kier alpha value is -1.38. The molecule has 0 aromatic heterocycles. The summed E-state index contributed by atoms with van der Waals surface area (Å²) < 4.78 is 0.829. The van der Waals surface area contributed by atoms with E-state index in [1.807, 2.05) is 6.92 Å². The van der Waals surface area contributed by atoms with Crippen LogP contribution in [0.3, 0.4) is 0 Å². The van der Waals surface area contributed by atoms with E-state index in [-0.39, 0.29) is 16.7 Å². The number of halogens is 1. The fourth-order valence-corrected chi connectivity index (χ4v) is 2.04. The van der Waals surface area contributed by atoms with Gasteiger partial charge >= 0.3 is 0 Å². The van der Waals surface area contributed by atoms with E-state index < -0.39 is 0 Å². The summed E-state index contributed by atoms with van der Waals surface area (Å²) in [6.45, 7) is 2.47. The van der Waals surface area contributed by atoms with Gasteiger partial charge in [-0.05, 0) is 18.6 Å². The fourth-order valence-electron chi connectivity index (χ4n) is 1.63. The Labute approximate surface area is 115 Å². The Kier molecular flexibility index (Phi) is 5.83. The summed E-state index contributed by atoms with van der Waals surface area (Å²) in [6.07, 6.45) is 6.79. The molecule has 0 heterocycles. The third kappa shape index (κ3) is 4.13. The molecule has 0 aliphatic carbocycles. The third-order valence-corrected chi connectivity index (χ3v) is 3.17. The van der Waals surface area contributed by atoms with E-state index in [9.17, 15) is 10.1 Å². The van der Waals surface area contributed by atoms with Gasteiger partial charge in [0.2, 0.25) is 0 Å². The average Bonchev–Trinajstić information content (AvgIpc) is 2.34. The number of rotatable bonds is 6. The van der Waals surface area contributed by atoms with Crippen molar-refractivity contribution in [1.82, 2.24) is 5.32 Å². The number of hydrogen-bond donors (Lipinski definition) is 1. The molecule has 1 N–H and O–H groups in total. The molecule has 96 valence electrons. The quantitative estimate of drug-likeness (QED) is 0.498. The van der Waals surface area contributed by atoms with E-state index in [4.69, 9.17) is 6.42 Å². The van der Waals surface area contributed by atoms with Gasteiger partial charge in [-0.15, -0.1) is 12.3 Å². The summed E-state index contributed by atoms with van der Waals surface area (Å²) in [6, 6.07) is 5.12. The number of nitro groups is 1. The van der Waals surface area contributed by atoms with Gasteiger partial charge in [-0.1, -0.05) is 22.9 Å². The largest absolute Gasteiger partial charge is 0.309 e. The number of benzene rings is 1. The summed E-state index contributed by atoms with van der Waals surface area (Å²) in [7, 11) is 0. The SMILES string of the molecule is C#CCC(CC)NCc1cc(Br)ccc1[N+](=O)[O-]. The zero-order chi connectivity index (χ0) is 13.5. The molecule has 18 heavy (non-hydrogen) atoms. The van der Waals surface area contributed by atoms with Crippen molar-refractivity contribution in [3.05, 3.63) is 38.3 Å². The van der Waals surface area contributed by atoms with E-state index in [2.05, 4.69) is 27.2 Å². The highest BCUT2D eigenvalue weighted by Gasteiger charge is 2.14. The van der Waals surface area contributed by atoms with Crippen LogP contribution in [0.1, 0.15) is 25.3 Å². The molecule has 0 fully saturated rings. The van der Waals surface area contributed by atoms with Gasteiger partial charge in [0.05, 0.1) is 4.92 Å². The zero-order valence-electron chi connectivity index (χ0n) is 10.1. The number of nitrogens with zero attached hydrogens (tertiary/aromatic N) is 1. The monoisotopic (exact) mass is 310 g/mol. The lowest BCUT2D eigenvalue weighted by Crippen LogP contribution is -2.27. The van der Waals surface area contributed by atoms with Gasteiger partial charge in [-0.2, -0.15) is 0 Å². The Morgan fingerprint density at radius 3 is 2.89 bits per heavy atom. The van der Waals surface area contributed by atoms with Crippen molar-refractivity contribution in [3.8, 4) is 12.3 Å². The van der Waals surface area contributed by atoms with Gasteiger partial charge in [-0.3, -0.25) is 10.1 Å². The smallest absolute Gasteiger partial charge is 0.273 e. The highest BCUT2D eigenvalue weighted by atomic mass is 79.9. The maximum atomic E-state index is 10.9. The zero-order valence-corrected chi connectivity index (χ0v) is 11.7. The predicted molar refractivity (Wildman–Crippen MR) is 75.2 cm³/mol. The van der Waals surface area contributed by atoms with Crippen LogP contribution in [0.2, 0.25) is 0 Å². The number of nitro benzene ring substituents is 1. The van der Waals surface area contributed by atoms with Crippen molar-refractivity contribution in [2.75, 3.05) is 0 Å². The summed E-state index contributed by atoms with van der Waals surface area (Å²) in [5.74, 6) is 2.60. The van der Waals surface area contributed by atoms with Crippen molar-refractivity contribution in [1.29, 1.82) is 0 Å². The van der Waals surface area contributed by atoms with Crippen molar-refractivity contribution in [2.45, 2.75) is 32.4 Å². The molecule has 0 saturated heterocycles. The first-order valence-electron chi connectivity index (χ1n) is 5.68. The van der Waals surface area contributed by atoms with E-state index in [0.29, 0.717) is 18.5 Å². The van der Waals surface area contributed by atoms with Gasteiger partial charge in [0.1, 0.15) is 0 Å². The van der Waals surface area contributed by atoms with Crippen LogP contribution in [-0.2, 0) is 6.54 Å². The Morgan fingerprint density at radius 1 is 1.61 bits per heavy atom. The second-order valence-corrected chi connectivity index (χ2v) is 4.84. The van der Waals surface area contributed by atoms with Crippen LogP contribution in [-0.4, -0.2) is 11.0 Å². The van der Waals surface area contributed by atoms with E-state index in [0.717, 1.165) is 10.9 Å². The Bertz CT molecular complexity index is 469. The minimum atomic E-state index is -0.369. The lowest BCUT2D eigenvalue weighted by molar-refractivity contribution is -0.385. The third-order valence-electron chi connectivity index (χ3n) is 2.68. The van der Waals surface area contributed by atoms with Crippen molar-refractivity contribution < 1.29 is 4.92 Å².